The summed E-state index contributed by atoms with van der Waals surface area (Å²) in [6, 6.07) is 7.12. The zero-order valence-corrected chi connectivity index (χ0v) is 14.1. The van der Waals surface area contributed by atoms with Crippen molar-refractivity contribution in [2.24, 2.45) is 4.99 Å². The van der Waals surface area contributed by atoms with Crippen LogP contribution in [0, 0.1) is 24.0 Å². The third kappa shape index (κ3) is 3.13. The molecule has 0 N–H and O–H groups in total. The van der Waals surface area contributed by atoms with E-state index >= 15 is 0 Å². The molecular weight excluding hydrogens is 372 g/mol. The van der Waals surface area contributed by atoms with Crippen LogP contribution >= 0.6 is 27.5 Å². The van der Waals surface area contributed by atoms with Gasteiger partial charge in [0.2, 0.25) is 0 Å². The Labute approximate surface area is 140 Å². The summed E-state index contributed by atoms with van der Waals surface area (Å²) in [6.45, 7) is 3.11. The van der Waals surface area contributed by atoms with Gasteiger partial charge in [-0.1, -0.05) is 27.5 Å². The number of nitrogens with zero attached hydrogens (tertiary/aromatic N) is 2. The number of benzene rings is 2. The van der Waals surface area contributed by atoms with Gasteiger partial charge < -0.3 is 5.11 Å². The molecule has 0 heterocycles. The van der Waals surface area contributed by atoms with E-state index in [2.05, 4.69) is 20.9 Å². The second kappa shape index (κ2) is 6.46. The Balaban J connectivity index is 2.55. The minimum absolute atomic E-state index is 0.130. The Kier molecular flexibility index (Phi) is 4.83. The molecule has 0 atom stereocenters. The van der Waals surface area contributed by atoms with Gasteiger partial charge in [-0.2, -0.15) is 0 Å². The molecule has 0 bridgehead atoms. The van der Waals surface area contributed by atoms with Crippen molar-refractivity contribution in [1.82, 2.24) is 0 Å². The molecule has 0 aliphatic carbocycles. The smallest absolute Gasteiger partial charge is 0.266 e. The number of hydrogen-bond acceptors (Lipinski definition) is 4. The molecule has 7 heteroatoms. The van der Waals surface area contributed by atoms with E-state index in [4.69, 9.17) is 11.6 Å². The molecule has 114 valence electrons. The molecule has 22 heavy (non-hydrogen) atoms. The van der Waals surface area contributed by atoms with Gasteiger partial charge in [0.05, 0.1) is 15.6 Å². The number of nitro groups is 1. The van der Waals surface area contributed by atoms with Crippen LogP contribution in [0.3, 0.4) is 0 Å². The quantitative estimate of drug-likeness (QED) is 0.447. The Morgan fingerprint density at radius 3 is 2.36 bits per heavy atom. The first-order valence-corrected chi connectivity index (χ1v) is 7.43. The molecule has 2 aromatic carbocycles. The summed E-state index contributed by atoms with van der Waals surface area (Å²) in [6.07, 6.45) is 1.32. The summed E-state index contributed by atoms with van der Waals surface area (Å²) in [5, 5.41) is 23.6. The van der Waals surface area contributed by atoms with E-state index in [-0.39, 0.29) is 16.1 Å². The zero-order chi connectivity index (χ0) is 16.4. The average Bonchev–Trinajstić information content (AvgIpc) is 2.46. The van der Waals surface area contributed by atoms with Gasteiger partial charge in [-0.05, 0) is 55.0 Å². The van der Waals surface area contributed by atoms with E-state index in [0.29, 0.717) is 11.3 Å². The maximum Gasteiger partial charge on any atom is 0.266 e. The van der Waals surface area contributed by atoms with Gasteiger partial charge in [-0.15, -0.1) is 0 Å². The summed E-state index contributed by atoms with van der Waals surface area (Å²) >= 11 is 9.41. The van der Waals surface area contributed by atoms with Gasteiger partial charge in [0.25, 0.3) is 5.69 Å². The van der Waals surface area contributed by atoms with Gasteiger partial charge in [0, 0.05) is 16.3 Å². The normalized spacial score (nSPS) is 11.1. The first kappa shape index (κ1) is 16.5. The first-order chi connectivity index (χ1) is 10.3. The molecule has 0 saturated carbocycles. The van der Waals surface area contributed by atoms with E-state index in [1.165, 1.54) is 13.1 Å². The highest BCUT2D eigenvalue weighted by Gasteiger charge is 2.20. The largest absolute Gasteiger partial charge is 0.867 e. The number of hydrogen-bond donors (Lipinski definition) is 0. The predicted octanol–water partition coefficient (Wildman–Crippen LogP) is 4.45. The standard InChI is InChI=1S/C15H12BrClN2O3/c1-8-12(7-18-11-5-3-10(16)4-6-11)15(20)14(19(21)22)9(2)13(8)17/h3-7,20H,1-2H3/p-1. The lowest BCUT2D eigenvalue weighted by Crippen LogP contribution is -2.07. The van der Waals surface area contributed by atoms with E-state index in [1.54, 1.807) is 19.1 Å². The van der Waals surface area contributed by atoms with Crippen molar-refractivity contribution < 1.29 is 10.0 Å². The number of aliphatic imine (C=N–C) groups is 1. The van der Waals surface area contributed by atoms with Crippen molar-refractivity contribution in [1.29, 1.82) is 0 Å². The van der Waals surface area contributed by atoms with Crippen LogP contribution in [-0.2, 0) is 0 Å². The molecule has 0 spiro atoms. The highest BCUT2D eigenvalue weighted by Crippen LogP contribution is 2.38. The monoisotopic (exact) mass is 381 g/mol. The number of rotatable bonds is 3. The van der Waals surface area contributed by atoms with Crippen LogP contribution in [0.15, 0.2) is 33.7 Å². The van der Waals surface area contributed by atoms with Gasteiger partial charge >= 0.3 is 0 Å². The Morgan fingerprint density at radius 1 is 1.23 bits per heavy atom. The highest BCUT2D eigenvalue weighted by molar-refractivity contribution is 9.10. The minimum atomic E-state index is -0.708. The SMILES string of the molecule is Cc1c(Cl)c(C)c([N+](=O)[O-])c([O-])c1C=Nc1ccc(Br)cc1. The maximum atomic E-state index is 12.3. The van der Waals surface area contributed by atoms with Gasteiger partial charge in [-0.3, -0.25) is 15.1 Å². The molecule has 2 aromatic rings. The maximum absolute atomic E-state index is 12.3. The highest BCUT2D eigenvalue weighted by atomic mass is 79.9. The molecule has 5 nitrogen and oxygen atoms in total. The fourth-order valence-electron chi connectivity index (χ4n) is 2.01. The lowest BCUT2D eigenvalue weighted by atomic mass is 10.0. The van der Waals surface area contributed by atoms with Gasteiger partial charge in [-0.25, -0.2) is 0 Å². The molecule has 0 fully saturated rings. The molecule has 0 unspecified atom stereocenters. The van der Waals surface area contributed by atoms with Crippen molar-refractivity contribution in [3.05, 3.63) is 60.6 Å². The van der Waals surface area contributed by atoms with Crippen molar-refractivity contribution in [3.63, 3.8) is 0 Å². The van der Waals surface area contributed by atoms with Crippen LogP contribution in [0.2, 0.25) is 5.02 Å². The first-order valence-electron chi connectivity index (χ1n) is 6.26. The molecule has 0 amide bonds. The summed E-state index contributed by atoms with van der Waals surface area (Å²) in [4.78, 5) is 14.5. The minimum Gasteiger partial charge on any atom is -0.867 e. The van der Waals surface area contributed by atoms with Crippen LogP contribution in [0.1, 0.15) is 16.7 Å². The lowest BCUT2D eigenvalue weighted by Gasteiger charge is -2.17. The van der Waals surface area contributed by atoms with Crippen molar-refractivity contribution >= 4 is 45.1 Å². The molecular formula is C15H11BrClN2O3-. The van der Waals surface area contributed by atoms with Gasteiger partial charge in [0.15, 0.2) is 0 Å². The van der Waals surface area contributed by atoms with Crippen LogP contribution < -0.4 is 5.11 Å². The Hall–Kier alpha value is -1.92. The zero-order valence-electron chi connectivity index (χ0n) is 11.8. The van der Waals surface area contributed by atoms with Crippen LogP contribution in [0.5, 0.6) is 5.75 Å². The number of halogens is 2. The molecule has 0 aromatic heterocycles. The molecule has 0 radical (unpaired) electrons. The summed E-state index contributed by atoms with van der Waals surface area (Å²) in [5.41, 5.74) is 0.907. The van der Waals surface area contributed by atoms with Gasteiger partial charge in [0.1, 0.15) is 0 Å². The Bertz CT molecular complexity index is 774. The lowest BCUT2D eigenvalue weighted by molar-refractivity contribution is -0.398. The third-order valence-electron chi connectivity index (χ3n) is 3.23. The van der Waals surface area contributed by atoms with Crippen LogP contribution in [-0.4, -0.2) is 11.1 Å². The molecule has 0 aliphatic heterocycles. The molecule has 2 rings (SSSR count). The van der Waals surface area contributed by atoms with Crippen LogP contribution in [0.4, 0.5) is 11.4 Å². The summed E-state index contributed by atoms with van der Waals surface area (Å²) < 4.78 is 0.904. The second-order valence-electron chi connectivity index (χ2n) is 4.65. The molecule has 0 saturated heterocycles. The summed E-state index contributed by atoms with van der Waals surface area (Å²) in [5.74, 6) is -0.676. The van der Waals surface area contributed by atoms with Crippen LogP contribution in [0.25, 0.3) is 0 Å². The van der Waals surface area contributed by atoms with Crippen molar-refractivity contribution in [2.75, 3.05) is 0 Å². The van der Waals surface area contributed by atoms with E-state index in [1.807, 2.05) is 12.1 Å². The number of nitro benzene ring substituents is 1. The van der Waals surface area contributed by atoms with E-state index < -0.39 is 16.4 Å². The second-order valence-corrected chi connectivity index (χ2v) is 5.94. The Morgan fingerprint density at radius 2 is 1.82 bits per heavy atom. The van der Waals surface area contributed by atoms with Crippen molar-refractivity contribution in [3.8, 4) is 5.75 Å². The fraction of sp³-hybridized carbons (Fsp3) is 0.133. The fourth-order valence-corrected chi connectivity index (χ4v) is 2.47. The molecule has 0 aliphatic rings. The average molecular weight is 383 g/mol. The predicted molar refractivity (Wildman–Crippen MR) is 88.4 cm³/mol. The van der Waals surface area contributed by atoms with E-state index in [9.17, 15) is 15.2 Å². The third-order valence-corrected chi connectivity index (χ3v) is 4.32. The summed E-state index contributed by atoms with van der Waals surface area (Å²) in [7, 11) is 0. The van der Waals surface area contributed by atoms with Crippen molar-refractivity contribution in [2.45, 2.75) is 13.8 Å². The van der Waals surface area contributed by atoms with E-state index in [0.717, 1.165) is 4.47 Å². The topological polar surface area (TPSA) is 78.6 Å².